The first-order chi connectivity index (χ1) is 7.04. The monoisotopic (exact) mass is 274 g/mol. The van der Waals surface area contributed by atoms with Crippen molar-refractivity contribution in [2.24, 2.45) is 5.92 Å². The smallest absolute Gasteiger partial charge is 0.159 e. The summed E-state index contributed by atoms with van der Waals surface area (Å²) in [5.74, 6) is -1.23. The maximum atomic E-state index is 12.9. The van der Waals surface area contributed by atoms with Crippen LogP contribution >= 0.6 is 15.9 Å². The number of hydrogen-bond acceptors (Lipinski definition) is 0. The molecule has 0 aliphatic carbocycles. The van der Waals surface area contributed by atoms with Gasteiger partial charge in [0.2, 0.25) is 0 Å². The average molecular weight is 275 g/mol. The Balaban J connectivity index is 3.01. The van der Waals surface area contributed by atoms with Crippen LogP contribution in [0.2, 0.25) is 0 Å². The molecule has 0 amide bonds. The molecule has 0 N–H and O–H groups in total. The summed E-state index contributed by atoms with van der Waals surface area (Å²) >= 11 is 3.37. The minimum Gasteiger partial charge on any atom is -0.204 e. The van der Waals surface area contributed by atoms with Crippen LogP contribution in [0.25, 0.3) is 6.08 Å². The van der Waals surface area contributed by atoms with Crippen molar-refractivity contribution < 1.29 is 8.78 Å². The van der Waals surface area contributed by atoms with Gasteiger partial charge in [-0.05, 0) is 23.6 Å². The zero-order valence-electron chi connectivity index (χ0n) is 8.73. The largest absolute Gasteiger partial charge is 0.204 e. The Labute approximate surface area is 97.1 Å². The first-order valence-corrected chi connectivity index (χ1v) is 5.88. The second kappa shape index (κ2) is 5.40. The van der Waals surface area contributed by atoms with Crippen LogP contribution in [-0.4, -0.2) is 5.33 Å². The quantitative estimate of drug-likeness (QED) is 0.717. The molecule has 1 rings (SSSR count). The molecule has 3 heteroatoms. The van der Waals surface area contributed by atoms with Crippen LogP contribution in [0, 0.1) is 17.6 Å². The number of halogens is 3. The molecule has 0 radical (unpaired) electrons. The van der Waals surface area contributed by atoms with Crippen LogP contribution in [0.5, 0.6) is 0 Å². The van der Waals surface area contributed by atoms with Gasteiger partial charge in [-0.25, -0.2) is 8.78 Å². The summed E-state index contributed by atoms with van der Waals surface area (Å²) < 4.78 is 25.6. The summed E-state index contributed by atoms with van der Waals surface area (Å²) in [7, 11) is 0. The number of hydrogen-bond donors (Lipinski definition) is 0. The Kier molecular flexibility index (Phi) is 4.45. The van der Waals surface area contributed by atoms with Crippen molar-refractivity contribution in [3.8, 4) is 0 Å². The number of benzene rings is 1. The molecule has 0 aliphatic rings. The van der Waals surface area contributed by atoms with Crippen molar-refractivity contribution in [2.75, 3.05) is 5.33 Å². The number of rotatable bonds is 3. The second-order valence-electron chi connectivity index (χ2n) is 3.68. The number of allylic oxidation sites excluding steroid dienone is 1. The van der Waals surface area contributed by atoms with Crippen LogP contribution in [0.1, 0.15) is 19.4 Å². The molecule has 0 bridgehead atoms. The fourth-order valence-electron chi connectivity index (χ4n) is 1.18. The van der Waals surface area contributed by atoms with Gasteiger partial charge in [0.15, 0.2) is 11.6 Å². The van der Waals surface area contributed by atoms with Crippen LogP contribution in [0.3, 0.4) is 0 Å². The number of alkyl halides is 1. The predicted molar refractivity (Wildman–Crippen MR) is 63.0 cm³/mol. The van der Waals surface area contributed by atoms with Crippen LogP contribution in [-0.2, 0) is 0 Å². The van der Waals surface area contributed by atoms with Gasteiger partial charge in [0.25, 0.3) is 0 Å². The molecule has 0 aromatic heterocycles. The summed E-state index contributed by atoms with van der Waals surface area (Å²) in [6, 6.07) is 3.93. The van der Waals surface area contributed by atoms with Gasteiger partial charge >= 0.3 is 0 Å². The predicted octanol–water partition coefficient (Wildman–Crippen LogP) is 4.40. The van der Waals surface area contributed by atoms with E-state index in [1.807, 2.05) is 6.08 Å². The van der Waals surface area contributed by atoms with Gasteiger partial charge in [0, 0.05) is 5.33 Å². The molecule has 0 spiro atoms. The highest BCUT2D eigenvalue weighted by atomic mass is 79.9. The highest BCUT2D eigenvalue weighted by molar-refractivity contribution is 9.09. The summed E-state index contributed by atoms with van der Waals surface area (Å²) in [5, 5.41) is 0.740. The Morgan fingerprint density at radius 1 is 1.33 bits per heavy atom. The highest BCUT2D eigenvalue weighted by Gasteiger charge is 2.04. The Bertz CT molecular complexity index is 370. The van der Waals surface area contributed by atoms with Crippen molar-refractivity contribution >= 4 is 22.0 Å². The third-order valence-corrected chi connectivity index (χ3v) is 2.84. The van der Waals surface area contributed by atoms with Crippen molar-refractivity contribution in [3.05, 3.63) is 41.0 Å². The fourth-order valence-corrected chi connectivity index (χ4v) is 1.99. The van der Waals surface area contributed by atoms with E-state index in [4.69, 9.17) is 0 Å². The topological polar surface area (TPSA) is 0 Å². The van der Waals surface area contributed by atoms with Gasteiger partial charge in [-0.2, -0.15) is 0 Å². The van der Waals surface area contributed by atoms with Crippen molar-refractivity contribution in [1.29, 1.82) is 0 Å². The maximum absolute atomic E-state index is 12.9. The van der Waals surface area contributed by atoms with Crippen molar-refractivity contribution in [1.82, 2.24) is 0 Å². The molecule has 0 fully saturated rings. The molecule has 0 nitrogen and oxygen atoms in total. The average Bonchev–Trinajstić information content (AvgIpc) is 2.19. The molecule has 15 heavy (non-hydrogen) atoms. The lowest BCUT2D eigenvalue weighted by atomic mass is 10.0. The Hall–Kier alpha value is -0.700. The lowest BCUT2D eigenvalue weighted by Gasteiger charge is -2.07. The highest BCUT2D eigenvalue weighted by Crippen LogP contribution is 2.18. The van der Waals surface area contributed by atoms with E-state index in [-0.39, 0.29) is 0 Å². The molecule has 0 atom stereocenters. The minimum absolute atomic E-state index is 0.387. The zero-order chi connectivity index (χ0) is 11.4. The first kappa shape index (κ1) is 12.4. The second-order valence-corrected chi connectivity index (χ2v) is 4.24. The molecule has 1 aromatic carbocycles. The lowest BCUT2D eigenvalue weighted by molar-refractivity contribution is 0.508. The third kappa shape index (κ3) is 3.42. The van der Waals surface area contributed by atoms with Crippen LogP contribution < -0.4 is 0 Å². The van der Waals surface area contributed by atoms with E-state index in [0.717, 1.165) is 17.0 Å². The Morgan fingerprint density at radius 3 is 2.47 bits per heavy atom. The van der Waals surface area contributed by atoms with Gasteiger partial charge < -0.3 is 0 Å². The molecule has 82 valence electrons. The van der Waals surface area contributed by atoms with E-state index in [1.165, 1.54) is 6.07 Å². The third-order valence-electron chi connectivity index (χ3n) is 2.19. The molecule has 0 saturated heterocycles. The molecule has 0 heterocycles. The SMILES string of the molecule is CC(C)/C(=C/c1ccc(F)c(F)c1)CBr. The van der Waals surface area contributed by atoms with E-state index < -0.39 is 11.6 Å². The molecule has 0 unspecified atom stereocenters. The van der Waals surface area contributed by atoms with Crippen LogP contribution in [0.4, 0.5) is 8.78 Å². The van der Waals surface area contributed by atoms with Crippen molar-refractivity contribution in [2.45, 2.75) is 13.8 Å². The summed E-state index contributed by atoms with van der Waals surface area (Å²) in [5.41, 5.74) is 1.85. The molecule has 0 saturated carbocycles. The molecule has 1 aromatic rings. The first-order valence-electron chi connectivity index (χ1n) is 4.76. The van der Waals surface area contributed by atoms with E-state index in [1.54, 1.807) is 6.07 Å². The van der Waals surface area contributed by atoms with E-state index in [0.29, 0.717) is 11.5 Å². The molecular weight excluding hydrogens is 262 g/mol. The Morgan fingerprint density at radius 2 is 2.00 bits per heavy atom. The van der Waals surface area contributed by atoms with Crippen molar-refractivity contribution in [3.63, 3.8) is 0 Å². The fraction of sp³-hybridized carbons (Fsp3) is 0.333. The van der Waals surface area contributed by atoms with Gasteiger partial charge in [0.1, 0.15) is 0 Å². The normalized spacial score (nSPS) is 12.3. The van der Waals surface area contributed by atoms with E-state index in [9.17, 15) is 8.78 Å². The van der Waals surface area contributed by atoms with E-state index >= 15 is 0 Å². The van der Waals surface area contributed by atoms with E-state index in [2.05, 4.69) is 29.8 Å². The zero-order valence-corrected chi connectivity index (χ0v) is 10.3. The molecular formula is C12H13BrF2. The van der Waals surface area contributed by atoms with Gasteiger partial charge in [-0.15, -0.1) is 0 Å². The summed E-state index contributed by atoms with van der Waals surface area (Å²) in [6.45, 7) is 4.12. The standard InChI is InChI=1S/C12H13BrF2/c1-8(2)10(7-13)5-9-3-4-11(14)12(15)6-9/h3-6,8H,7H2,1-2H3/b10-5+. The maximum Gasteiger partial charge on any atom is 0.159 e. The van der Waals surface area contributed by atoms with Gasteiger partial charge in [-0.1, -0.05) is 47.5 Å². The van der Waals surface area contributed by atoms with Crippen LogP contribution in [0.15, 0.2) is 23.8 Å². The molecule has 0 aliphatic heterocycles. The van der Waals surface area contributed by atoms with Gasteiger partial charge in [0.05, 0.1) is 0 Å². The summed E-state index contributed by atoms with van der Waals surface area (Å²) in [4.78, 5) is 0. The minimum atomic E-state index is -0.808. The summed E-state index contributed by atoms with van der Waals surface area (Å²) in [6.07, 6.45) is 1.88. The lowest BCUT2D eigenvalue weighted by Crippen LogP contribution is -1.95. The van der Waals surface area contributed by atoms with Gasteiger partial charge in [-0.3, -0.25) is 0 Å².